The molecule has 1 rings (SSSR count). The Morgan fingerprint density at radius 3 is 2.64 bits per heavy atom. The number of halogens is 1. The molecule has 1 heterocycles. The maximum atomic E-state index is 10.9. The molecule has 0 aliphatic rings. The minimum absolute atomic E-state index is 0.129. The average molecular weight is 216 g/mol. The number of anilines is 1. The van der Waals surface area contributed by atoms with Crippen LogP contribution in [-0.4, -0.2) is 29.0 Å². The Bertz CT molecular complexity index is 352. The number of hydrogen-bond acceptors (Lipinski definition) is 5. The van der Waals surface area contributed by atoms with E-state index in [2.05, 4.69) is 20.0 Å². The van der Waals surface area contributed by atoms with E-state index in [1.165, 1.54) is 12.4 Å². The third kappa shape index (κ3) is 2.67. The van der Waals surface area contributed by atoms with Crippen molar-refractivity contribution in [1.82, 2.24) is 9.97 Å². The maximum Gasteiger partial charge on any atom is 0.396 e. The van der Waals surface area contributed by atoms with Gasteiger partial charge in [0.1, 0.15) is 5.15 Å². The Balaban J connectivity index is 2.65. The summed E-state index contributed by atoms with van der Waals surface area (Å²) in [4.78, 5) is 29.0. The predicted octanol–water partition coefficient (Wildman–Crippen LogP) is 0.241. The molecular formula is C7H6ClN3O3. The van der Waals surface area contributed by atoms with Crippen LogP contribution in [-0.2, 0) is 14.3 Å². The van der Waals surface area contributed by atoms with E-state index in [1.54, 1.807) is 0 Å². The number of ether oxygens (including phenoxy) is 1. The van der Waals surface area contributed by atoms with Crippen molar-refractivity contribution < 1.29 is 14.3 Å². The highest BCUT2D eigenvalue weighted by Gasteiger charge is 2.13. The fraction of sp³-hybridized carbons (Fsp3) is 0.143. The summed E-state index contributed by atoms with van der Waals surface area (Å²) in [6.07, 6.45) is 2.47. The molecule has 1 amide bonds. The van der Waals surface area contributed by atoms with Gasteiger partial charge in [0, 0.05) is 0 Å². The highest BCUT2D eigenvalue weighted by atomic mass is 35.5. The minimum Gasteiger partial charge on any atom is -0.462 e. The van der Waals surface area contributed by atoms with Crippen LogP contribution in [0.5, 0.6) is 0 Å². The molecule has 0 spiro atoms. The summed E-state index contributed by atoms with van der Waals surface area (Å²) in [5, 5.41) is 2.37. The van der Waals surface area contributed by atoms with Gasteiger partial charge in [-0.3, -0.25) is 10.1 Å². The molecule has 1 N–H and O–H groups in total. The quantitative estimate of drug-likeness (QED) is 0.536. The zero-order valence-electron chi connectivity index (χ0n) is 7.15. The monoisotopic (exact) mass is 215 g/mol. The van der Waals surface area contributed by atoms with Crippen molar-refractivity contribution in [3.8, 4) is 0 Å². The van der Waals surface area contributed by atoms with Crippen LogP contribution in [0.2, 0.25) is 5.15 Å². The summed E-state index contributed by atoms with van der Waals surface area (Å²) in [7, 11) is 1.11. The molecule has 0 aliphatic carbocycles. The first-order chi connectivity index (χ1) is 6.63. The molecule has 0 atom stereocenters. The van der Waals surface area contributed by atoms with Crippen molar-refractivity contribution in [2.45, 2.75) is 0 Å². The van der Waals surface area contributed by atoms with Crippen LogP contribution in [0.3, 0.4) is 0 Å². The summed E-state index contributed by atoms with van der Waals surface area (Å²) in [6, 6.07) is 0. The number of amides is 1. The Morgan fingerprint density at radius 1 is 1.43 bits per heavy atom. The molecule has 0 aromatic carbocycles. The molecule has 74 valence electrons. The van der Waals surface area contributed by atoms with Gasteiger partial charge in [-0.1, -0.05) is 11.6 Å². The third-order valence-corrected chi connectivity index (χ3v) is 1.43. The molecule has 0 saturated heterocycles. The van der Waals surface area contributed by atoms with Crippen LogP contribution in [0, 0.1) is 0 Å². The van der Waals surface area contributed by atoms with E-state index in [-0.39, 0.29) is 11.0 Å². The normalized spacial score (nSPS) is 9.29. The zero-order chi connectivity index (χ0) is 10.6. The molecule has 1 aromatic heterocycles. The molecule has 6 nitrogen and oxygen atoms in total. The predicted molar refractivity (Wildman–Crippen MR) is 47.7 cm³/mol. The van der Waals surface area contributed by atoms with Crippen molar-refractivity contribution in [2.24, 2.45) is 0 Å². The number of hydrogen-bond donors (Lipinski definition) is 1. The summed E-state index contributed by atoms with van der Waals surface area (Å²) >= 11 is 5.46. The molecular weight excluding hydrogens is 210 g/mol. The van der Waals surface area contributed by atoms with Gasteiger partial charge in [-0.15, -0.1) is 0 Å². The van der Waals surface area contributed by atoms with Crippen molar-refractivity contribution >= 4 is 29.3 Å². The smallest absolute Gasteiger partial charge is 0.396 e. The molecule has 0 radical (unpaired) electrons. The summed E-state index contributed by atoms with van der Waals surface area (Å²) in [6.45, 7) is 0. The van der Waals surface area contributed by atoms with Crippen molar-refractivity contribution in [3.05, 3.63) is 17.5 Å². The van der Waals surface area contributed by atoms with Gasteiger partial charge in [0.2, 0.25) is 0 Å². The summed E-state index contributed by atoms with van der Waals surface area (Å²) in [5.41, 5.74) is 0. The molecule has 0 saturated carbocycles. The SMILES string of the molecule is COC(=O)C(=O)Nc1cnc(Cl)cn1. The van der Waals surface area contributed by atoms with Crippen LogP contribution in [0.1, 0.15) is 0 Å². The Kier molecular flexibility index (Phi) is 3.35. The number of carbonyl (C=O) groups excluding carboxylic acids is 2. The van der Waals surface area contributed by atoms with Crippen LogP contribution in [0.25, 0.3) is 0 Å². The standard InChI is InChI=1S/C7H6ClN3O3/c1-14-7(13)6(12)11-5-3-9-4(8)2-10-5/h2-3H,1H3,(H,10,11,12). The lowest BCUT2D eigenvalue weighted by molar-refractivity contribution is -0.150. The maximum absolute atomic E-state index is 10.9. The average Bonchev–Trinajstić information content (AvgIpc) is 2.20. The van der Waals surface area contributed by atoms with Crippen LogP contribution >= 0.6 is 11.6 Å². The molecule has 1 aromatic rings. The summed E-state index contributed by atoms with van der Waals surface area (Å²) < 4.78 is 4.18. The fourth-order valence-electron chi connectivity index (χ4n) is 0.637. The highest BCUT2D eigenvalue weighted by Crippen LogP contribution is 2.04. The van der Waals surface area contributed by atoms with Gasteiger partial charge in [-0.25, -0.2) is 14.8 Å². The van der Waals surface area contributed by atoms with E-state index >= 15 is 0 Å². The Morgan fingerprint density at radius 2 is 2.14 bits per heavy atom. The number of nitrogens with one attached hydrogen (secondary N) is 1. The number of esters is 1. The van der Waals surface area contributed by atoms with E-state index in [0.717, 1.165) is 7.11 Å². The van der Waals surface area contributed by atoms with E-state index in [4.69, 9.17) is 11.6 Å². The van der Waals surface area contributed by atoms with E-state index in [0.29, 0.717) is 0 Å². The van der Waals surface area contributed by atoms with Gasteiger partial charge in [0.05, 0.1) is 19.5 Å². The molecule has 0 bridgehead atoms. The van der Waals surface area contributed by atoms with E-state index in [9.17, 15) is 9.59 Å². The van der Waals surface area contributed by atoms with Gasteiger partial charge in [-0.05, 0) is 0 Å². The van der Waals surface area contributed by atoms with Gasteiger partial charge < -0.3 is 4.74 Å². The zero-order valence-corrected chi connectivity index (χ0v) is 7.91. The second-order valence-corrected chi connectivity index (χ2v) is 2.56. The van der Waals surface area contributed by atoms with Gasteiger partial charge in [0.15, 0.2) is 5.82 Å². The minimum atomic E-state index is -0.998. The van der Waals surface area contributed by atoms with Gasteiger partial charge >= 0.3 is 11.9 Å². The lowest BCUT2D eigenvalue weighted by atomic mass is 10.5. The third-order valence-electron chi connectivity index (χ3n) is 1.23. The number of nitrogens with zero attached hydrogens (tertiary/aromatic N) is 2. The van der Waals surface area contributed by atoms with Crippen LogP contribution < -0.4 is 5.32 Å². The second-order valence-electron chi connectivity index (χ2n) is 2.17. The molecule has 7 heteroatoms. The highest BCUT2D eigenvalue weighted by molar-refractivity contribution is 6.37. The largest absolute Gasteiger partial charge is 0.462 e. The van der Waals surface area contributed by atoms with Crippen LogP contribution in [0.4, 0.5) is 5.82 Å². The molecule has 0 unspecified atom stereocenters. The Hall–Kier alpha value is -1.69. The first-order valence-corrected chi connectivity index (χ1v) is 3.88. The number of rotatable bonds is 1. The molecule has 14 heavy (non-hydrogen) atoms. The van der Waals surface area contributed by atoms with E-state index in [1.807, 2.05) is 0 Å². The van der Waals surface area contributed by atoms with Crippen LogP contribution in [0.15, 0.2) is 12.4 Å². The number of methoxy groups -OCH3 is 1. The first kappa shape index (κ1) is 10.4. The second kappa shape index (κ2) is 4.52. The van der Waals surface area contributed by atoms with Crippen molar-refractivity contribution in [2.75, 3.05) is 12.4 Å². The lowest BCUT2D eigenvalue weighted by Crippen LogP contribution is -2.24. The fourth-order valence-corrected chi connectivity index (χ4v) is 0.734. The lowest BCUT2D eigenvalue weighted by Gasteiger charge is -2.00. The topological polar surface area (TPSA) is 81.2 Å². The van der Waals surface area contributed by atoms with Gasteiger partial charge in [0.25, 0.3) is 0 Å². The summed E-state index contributed by atoms with van der Waals surface area (Å²) in [5.74, 6) is -1.78. The first-order valence-electron chi connectivity index (χ1n) is 3.50. The van der Waals surface area contributed by atoms with Crippen molar-refractivity contribution in [3.63, 3.8) is 0 Å². The number of carbonyl (C=O) groups is 2. The number of aromatic nitrogens is 2. The molecule has 0 aliphatic heterocycles. The molecule has 0 fully saturated rings. The van der Waals surface area contributed by atoms with E-state index < -0.39 is 11.9 Å². The van der Waals surface area contributed by atoms with Gasteiger partial charge in [-0.2, -0.15) is 0 Å². The Labute approximate surface area is 84.3 Å². The van der Waals surface area contributed by atoms with Crippen molar-refractivity contribution in [1.29, 1.82) is 0 Å².